The molecule has 0 aliphatic rings. The lowest BCUT2D eigenvalue weighted by molar-refractivity contribution is 0.0697. The Hall–Kier alpha value is -1.11. The lowest BCUT2D eigenvalue weighted by Gasteiger charge is -2.22. The van der Waals surface area contributed by atoms with Crippen molar-refractivity contribution in [1.82, 2.24) is 4.72 Å². The van der Waals surface area contributed by atoms with Crippen molar-refractivity contribution in [3.63, 3.8) is 0 Å². The summed E-state index contributed by atoms with van der Waals surface area (Å²) in [6.45, 7) is 6.14. The zero-order valence-electron chi connectivity index (χ0n) is 11.6. The highest BCUT2D eigenvalue weighted by Crippen LogP contribution is 2.22. The molecule has 0 amide bonds. The standard InChI is InChI=1S/C13H18ClNO4S/c1-4-13(2,3)8-15-20(18,19)9-5-6-11(14)10(7-9)12(16)17/h5-7,15H,4,8H2,1-3H3,(H,16,17). The molecule has 1 aromatic rings. The molecule has 1 aromatic carbocycles. The van der Waals surface area contributed by atoms with Gasteiger partial charge < -0.3 is 5.11 Å². The maximum atomic E-state index is 12.1. The molecule has 0 heterocycles. The molecule has 0 fully saturated rings. The van der Waals surface area contributed by atoms with Crippen LogP contribution in [0.25, 0.3) is 0 Å². The Labute approximate surface area is 124 Å². The van der Waals surface area contributed by atoms with Gasteiger partial charge in [-0.05, 0) is 30.0 Å². The molecule has 5 nitrogen and oxygen atoms in total. The van der Waals surface area contributed by atoms with Gasteiger partial charge in [0.2, 0.25) is 10.0 Å². The number of carboxylic acid groups (broad SMARTS) is 1. The fraction of sp³-hybridized carbons (Fsp3) is 0.462. The number of halogens is 1. The van der Waals surface area contributed by atoms with E-state index in [0.29, 0.717) is 0 Å². The maximum Gasteiger partial charge on any atom is 0.337 e. The summed E-state index contributed by atoms with van der Waals surface area (Å²) in [6, 6.07) is 3.62. The second-order valence-corrected chi connectivity index (χ2v) is 7.46. The minimum Gasteiger partial charge on any atom is -0.478 e. The van der Waals surface area contributed by atoms with Crippen molar-refractivity contribution in [2.45, 2.75) is 32.1 Å². The monoisotopic (exact) mass is 319 g/mol. The molecule has 1 rings (SSSR count). The molecule has 0 atom stereocenters. The zero-order chi connectivity index (χ0) is 15.6. The molecule has 0 unspecified atom stereocenters. The lowest BCUT2D eigenvalue weighted by atomic mass is 9.91. The summed E-state index contributed by atoms with van der Waals surface area (Å²) in [4.78, 5) is 10.9. The zero-order valence-corrected chi connectivity index (χ0v) is 13.2. The van der Waals surface area contributed by atoms with Crippen LogP contribution in [0.3, 0.4) is 0 Å². The molecule has 0 saturated heterocycles. The molecule has 0 aliphatic carbocycles. The molecule has 7 heteroatoms. The maximum absolute atomic E-state index is 12.1. The van der Waals surface area contributed by atoms with Crippen molar-refractivity contribution in [2.75, 3.05) is 6.54 Å². The molecule has 0 spiro atoms. The molecular weight excluding hydrogens is 302 g/mol. The summed E-state index contributed by atoms with van der Waals surface area (Å²) < 4.78 is 26.8. The number of aromatic carboxylic acids is 1. The summed E-state index contributed by atoms with van der Waals surface area (Å²) >= 11 is 5.72. The highest BCUT2D eigenvalue weighted by atomic mass is 35.5. The number of sulfonamides is 1. The van der Waals surface area contributed by atoms with Crippen molar-refractivity contribution in [3.8, 4) is 0 Å². The second kappa shape index (κ2) is 6.11. The smallest absolute Gasteiger partial charge is 0.337 e. The molecule has 20 heavy (non-hydrogen) atoms. The highest BCUT2D eigenvalue weighted by molar-refractivity contribution is 7.89. The Morgan fingerprint density at radius 3 is 2.50 bits per heavy atom. The van der Waals surface area contributed by atoms with Crippen LogP contribution < -0.4 is 4.72 Å². The molecular formula is C13H18ClNO4S. The lowest BCUT2D eigenvalue weighted by Crippen LogP contribution is -2.33. The molecule has 0 aliphatic heterocycles. The van der Waals surface area contributed by atoms with E-state index in [1.807, 2.05) is 20.8 Å². The van der Waals surface area contributed by atoms with E-state index in [1.54, 1.807) is 0 Å². The summed E-state index contributed by atoms with van der Waals surface area (Å²) in [6.07, 6.45) is 0.816. The fourth-order valence-electron chi connectivity index (χ4n) is 1.33. The Morgan fingerprint density at radius 1 is 1.40 bits per heavy atom. The summed E-state index contributed by atoms with van der Waals surface area (Å²) in [5, 5.41) is 8.96. The van der Waals surface area contributed by atoms with Gasteiger partial charge in [0.25, 0.3) is 0 Å². The van der Waals surface area contributed by atoms with Crippen molar-refractivity contribution in [3.05, 3.63) is 28.8 Å². The molecule has 112 valence electrons. The van der Waals surface area contributed by atoms with Gasteiger partial charge in [-0.1, -0.05) is 32.4 Å². The van der Waals surface area contributed by atoms with Crippen molar-refractivity contribution in [2.24, 2.45) is 5.41 Å². The van der Waals surface area contributed by atoms with Gasteiger partial charge in [0.05, 0.1) is 15.5 Å². The molecule has 0 radical (unpaired) electrons. The quantitative estimate of drug-likeness (QED) is 0.844. The van der Waals surface area contributed by atoms with Crippen LogP contribution in [0.5, 0.6) is 0 Å². The number of hydrogen-bond donors (Lipinski definition) is 2. The van der Waals surface area contributed by atoms with E-state index in [9.17, 15) is 13.2 Å². The average molecular weight is 320 g/mol. The molecule has 0 bridgehead atoms. The number of benzene rings is 1. The molecule has 2 N–H and O–H groups in total. The summed E-state index contributed by atoms with van der Waals surface area (Å²) in [5.41, 5.74) is -0.404. The third-order valence-corrected chi connectivity index (χ3v) is 4.90. The fourth-order valence-corrected chi connectivity index (χ4v) is 2.80. The van der Waals surface area contributed by atoms with Gasteiger partial charge in [-0.15, -0.1) is 0 Å². The summed E-state index contributed by atoms with van der Waals surface area (Å²) in [5.74, 6) is -1.26. The largest absolute Gasteiger partial charge is 0.478 e. The third kappa shape index (κ3) is 4.19. The van der Waals surface area contributed by atoms with Crippen LogP contribution in [0.1, 0.15) is 37.6 Å². The summed E-state index contributed by atoms with van der Waals surface area (Å²) in [7, 11) is -3.75. The molecule has 0 aromatic heterocycles. The van der Waals surface area contributed by atoms with E-state index in [4.69, 9.17) is 16.7 Å². The van der Waals surface area contributed by atoms with Gasteiger partial charge >= 0.3 is 5.97 Å². The number of rotatable bonds is 6. The topological polar surface area (TPSA) is 83.5 Å². The van der Waals surface area contributed by atoms with Gasteiger partial charge in [-0.2, -0.15) is 0 Å². The van der Waals surface area contributed by atoms with Gasteiger partial charge in [-0.25, -0.2) is 17.9 Å². The first-order valence-corrected chi connectivity index (χ1v) is 7.98. The first-order chi connectivity index (χ1) is 9.09. The minimum absolute atomic E-state index is 0.00494. The van der Waals surface area contributed by atoms with Crippen LogP contribution >= 0.6 is 11.6 Å². The Bertz CT molecular complexity index is 611. The van der Waals surface area contributed by atoms with Crippen LogP contribution in [-0.4, -0.2) is 26.0 Å². The number of carbonyl (C=O) groups is 1. The van der Waals surface area contributed by atoms with Gasteiger partial charge in [0.15, 0.2) is 0 Å². The Balaban J connectivity index is 3.05. The SMILES string of the molecule is CCC(C)(C)CNS(=O)(=O)c1ccc(Cl)c(C(=O)O)c1. The Morgan fingerprint density at radius 2 is 2.00 bits per heavy atom. The van der Waals surface area contributed by atoms with Crippen molar-refractivity contribution < 1.29 is 18.3 Å². The van der Waals surface area contributed by atoms with E-state index < -0.39 is 16.0 Å². The Kier molecular flexibility index (Phi) is 5.18. The van der Waals surface area contributed by atoms with Crippen LogP contribution in [0.2, 0.25) is 5.02 Å². The second-order valence-electron chi connectivity index (χ2n) is 5.29. The normalized spacial score (nSPS) is 12.4. The predicted octanol–water partition coefficient (Wildman–Crippen LogP) is 2.75. The highest BCUT2D eigenvalue weighted by Gasteiger charge is 2.22. The first kappa shape index (κ1) is 16.9. The van der Waals surface area contributed by atoms with E-state index >= 15 is 0 Å². The first-order valence-electron chi connectivity index (χ1n) is 6.11. The van der Waals surface area contributed by atoms with Crippen LogP contribution in [0.15, 0.2) is 23.1 Å². The van der Waals surface area contributed by atoms with E-state index in [-0.39, 0.29) is 27.4 Å². The van der Waals surface area contributed by atoms with E-state index in [0.717, 1.165) is 12.5 Å². The average Bonchev–Trinajstić information content (AvgIpc) is 2.36. The van der Waals surface area contributed by atoms with Crippen molar-refractivity contribution in [1.29, 1.82) is 0 Å². The minimum atomic E-state index is -3.75. The number of carboxylic acids is 1. The van der Waals surface area contributed by atoms with Crippen molar-refractivity contribution >= 4 is 27.6 Å². The third-order valence-electron chi connectivity index (χ3n) is 3.18. The number of hydrogen-bond acceptors (Lipinski definition) is 3. The number of nitrogens with one attached hydrogen (secondary N) is 1. The molecule has 0 saturated carbocycles. The van der Waals surface area contributed by atoms with Crippen LogP contribution in [0.4, 0.5) is 0 Å². The van der Waals surface area contributed by atoms with Gasteiger partial charge in [0, 0.05) is 6.54 Å². The predicted molar refractivity (Wildman–Crippen MR) is 77.7 cm³/mol. The van der Waals surface area contributed by atoms with Gasteiger partial charge in [0.1, 0.15) is 0 Å². The van der Waals surface area contributed by atoms with Crippen LogP contribution in [-0.2, 0) is 10.0 Å². The van der Waals surface area contributed by atoms with E-state index in [2.05, 4.69) is 4.72 Å². The van der Waals surface area contributed by atoms with Crippen LogP contribution in [0, 0.1) is 5.41 Å². The van der Waals surface area contributed by atoms with Gasteiger partial charge in [-0.3, -0.25) is 0 Å². The van der Waals surface area contributed by atoms with E-state index in [1.165, 1.54) is 12.1 Å².